The van der Waals surface area contributed by atoms with Crippen molar-refractivity contribution < 1.29 is 9.72 Å². The number of non-ortho nitro benzene ring substituents is 1. The Kier molecular flexibility index (Phi) is 5.00. The van der Waals surface area contributed by atoms with E-state index >= 15 is 0 Å². The first kappa shape index (κ1) is 17.4. The fourth-order valence-electron chi connectivity index (χ4n) is 2.45. The van der Waals surface area contributed by atoms with E-state index in [-0.39, 0.29) is 11.6 Å². The molecule has 0 atom stereocenters. The summed E-state index contributed by atoms with van der Waals surface area (Å²) in [6.45, 7) is 2.49. The first-order chi connectivity index (χ1) is 12.0. The van der Waals surface area contributed by atoms with Gasteiger partial charge in [0.1, 0.15) is 0 Å². The number of nitro groups is 1. The number of rotatable bonds is 4. The maximum Gasteiger partial charge on any atom is 0.279 e. The van der Waals surface area contributed by atoms with E-state index in [1.165, 1.54) is 23.5 Å². The molecule has 3 rings (SSSR count). The normalized spacial score (nSPS) is 11.8. The second kappa shape index (κ2) is 7.20. The minimum Gasteiger partial charge on any atom is -0.316 e. The SMILES string of the molecule is CCn1c(=NC(=O)c2ccc(SC)cc2)sc2ccc([N+](=O)[O-])cc21. The number of nitrogens with zero attached hydrogens (tertiary/aromatic N) is 3. The zero-order valence-electron chi connectivity index (χ0n) is 13.6. The molecule has 0 radical (unpaired) electrons. The van der Waals surface area contributed by atoms with Gasteiger partial charge in [-0.15, -0.1) is 11.8 Å². The molecule has 0 aliphatic carbocycles. The molecule has 8 heteroatoms. The summed E-state index contributed by atoms with van der Waals surface area (Å²) in [7, 11) is 0. The highest BCUT2D eigenvalue weighted by Crippen LogP contribution is 2.23. The predicted molar refractivity (Wildman–Crippen MR) is 100 cm³/mol. The first-order valence-corrected chi connectivity index (χ1v) is 9.58. The van der Waals surface area contributed by atoms with Crippen LogP contribution in [0.15, 0.2) is 52.4 Å². The smallest absolute Gasteiger partial charge is 0.279 e. The number of carbonyl (C=O) groups excluding carboxylic acids is 1. The second-order valence-electron chi connectivity index (χ2n) is 5.18. The average Bonchev–Trinajstić information content (AvgIpc) is 2.97. The molecule has 2 aromatic carbocycles. The Balaban J connectivity index is 2.08. The Morgan fingerprint density at radius 2 is 2.00 bits per heavy atom. The van der Waals surface area contributed by atoms with Crippen LogP contribution in [0.2, 0.25) is 0 Å². The molecule has 0 aliphatic heterocycles. The maximum absolute atomic E-state index is 12.4. The number of fused-ring (bicyclic) bond motifs is 1. The van der Waals surface area contributed by atoms with Crippen molar-refractivity contribution in [2.75, 3.05) is 6.26 Å². The van der Waals surface area contributed by atoms with Crippen molar-refractivity contribution in [3.8, 4) is 0 Å². The quantitative estimate of drug-likeness (QED) is 0.392. The van der Waals surface area contributed by atoms with E-state index in [4.69, 9.17) is 0 Å². The molecule has 0 saturated heterocycles. The molecule has 128 valence electrons. The van der Waals surface area contributed by atoms with Crippen LogP contribution >= 0.6 is 23.1 Å². The molecule has 0 saturated carbocycles. The molecule has 6 nitrogen and oxygen atoms in total. The molecule has 1 heterocycles. The number of thiazole rings is 1. The van der Waals surface area contributed by atoms with Gasteiger partial charge in [0, 0.05) is 29.1 Å². The molecule has 1 amide bonds. The van der Waals surface area contributed by atoms with E-state index in [2.05, 4.69) is 4.99 Å². The van der Waals surface area contributed by atoms with Gasteiger partial charge in [-0.2, -0.15) is 4.99 Å². The van der Waals surface area contributed by atoms with Crippen LogP contribution in [-0.4, -0.2) is 21.7 Å². The number of hydrogen-bond acceptors (Lipinski definition) is 5. The van der Waals surface area contributed by atoms with Crippen LogP contribution in [-0.2, 0) is 6.54 Å². The Morgan fingerprint density at radius 1 is 1.28 bits per heavy atom. The van der Waals surface area contributed by atoms with Crippen molar-refractivity contribution in [3.05, 3.63) is 62.9 Å². The molecule has 1 aromatic heterocycles. The zero-order valence-corrected chi connectivity index (χ0v) is 15.3. The number of thioether (sulfide) groups is 1. The summed E-state index contributed by atoms with van der Waals surface area (Å²) in [5.74, 6) is -0.323. The van der Waals surface area contributed by atoms with Crippen molar-refractivity contribution in [2.24, 2.45) is 4.99 Å². The Morgan fingerprint density at radius 3 is 2.60 bits per heavy atom. The van der Waals surface area contributed by atoms with Gasteiger partial charge in [0.05, 0.1) is 15.1 Å². The van der Waals surface area contributed by atoms with Crippen molar-refractivity contribution in [1.82, 2.24) is 4.57 Å². The molecular formula is C17H15N3O3S2. The predicted octanol–water partition coefficient (Wildman–Crippen LogP) is 4.09. The van der Waals surface area contributed by atoms with E-state index < -0.39 is 4.92 Å². The van der Waals surface area contributed by atoms with Gasteiger partial charge in [-0.3, -0.25) is 14.9 Å². The molecule has 3 aromatic rings. The van der Waals surface area contributed by atoms with Crippen LogP contribution in [0.4, 0.5) is 5.69 Å². The van der Waals surface area contributed by atoms with Crippen LogP contribution in [0, 0.1) is 10.1 Å². The van der Waals surface area contributed by atoms with Gasteiger partial charge in [-0.1, -0.05) is 11.3 Å². The van der Waals surface area contributed by atoms with E-state index in [1.54, 1.807) is 30.0 Å². The van der Waals surface area contributed by atoms with Crippen LogP contribution in [0.1, 0.15) is 17.3 Å². The van der Waals surface area contributed by atoms with E-state index in [1.807, 2.05) is 29.9 Å². The Bertz CT molecular complexity index is 1020. The number of hydrogen-bond donors (Lipinski definition) is 0. The maximum atomic E-state index is 12.4. The minimum absolute atomic E-state index is 0.0260. The Hall–Kier alpha value is -2.45. The van der Waals surface area contributed by atoms with Crippen molar-refractivity contribution in [1.29, 1.82) is 0 Å². The van der Waals surface area contributed by atoms with Crippen molar-refractivity contribution in [2.45, 2.75) is 18.4 Å². The summed E-state index contributed by atoms with van der Waals surface area (Å²) in [5, 5.41) is 11.0. The van der Waals surface area contributed by atoms with Gasteiger partial charge in [-0.25, -0.2) is 0 Å². The molecular weight excluding hydrogens is 358 g/mol. The van der Waals surface area contributed by atoms with Gasteiger partial charge >= 0.3 is 0 Å². The number of benzene rings is 2. The summed E-state index contributed by atoms with van der Waals surface area (Å²) < 4.78 is 2.68. The lowest BCUT2D eigenvalue weighted by atomic mass is 10.2. The summed E-state index contributed by atoms with van der Waals surface area (Å²) in [6, 6.07) is 12.0. The largest absolute Gasteiger partial charge is 0.316 e. The highest BCUT2D eigenvalue weighted by molar-refractivity contribution is 7.98. The number of aryl methyl sites for hydroxylation is 1. The topological polar surface area (TPSA) is 77.5 Å². The first-order valence-electron chi connectivity index (χ1n) is 7.54. The number of amides is 1. The third-order valence-corrected chi connectivity index (χ3v) is 5.53. The van der Waals surface area contributed by atoms with Gasteiger partial charge < -0.3 is 4.57 Å². The van der Waals surface area contributed by atoms with E-state index in [9.17, 15) is 14.9 Å². The molecule has 0 unspecified atom stereocenters. The van der Waals surface area contributed by atoms with Crippen molar-refractivity contribution in [3.63, 3.8) is 0 Å². The standard InChI is InChI=1S/C17H15N3O3S2/c1-3-19-14-10-12(20(22)23)6-9-15(14)25-17(19)18-16(21)11-4-7-13(24-2)8-5-11/h4-10H,3H2,1-2H3. The van der Waals surface area contributed by atoms with Gasteiger partial charge in [0.2, 0.25) is 0 Å². The lowest BCUT2D eigenvalue weighted by molar-refractivity contribution is -0.384. The minimum atomic E-state index is -0.424. The molecule has 0 fully saturated rings. The second-order valence-corrected chi connectivity index (χ2v) is 7.07. The van der Waals surface area contributed by atoms with Crippen molar-refractivity contribution >= 4 is 44.9 Å². The molecule has 0 bridgehead atoms. The fourth-order valence-corrected chi connectivity index (χ4v) is 3.93. The molecule has 25 heavy (non-hydrogen) atoms. The molecule has 0 spiro atoms. The summed E-state index contributed by atoms with van der Waals surface area (Å²) in [4.78, 5) is 28.9. The number of aromatic nitrogens is 1. The Labute approximate surface area is 152 Å². The third-order valence-electron chi connectivity index (χ3n) is 3.73. The van der Waals surface area contributed by atoms with Crippen LogP contribution in [0.5, 0.6) is 0 Å². The molecule has 0 aliphatic rings. The third kappa shape index (κ3) is 3.49. The van der Waals surface area contributed by atoms with Gasteiger partial charge in [-0.05, 0) is 43.5 Å². The van der Waals surface area contributed by atoms with Gasteiger partial charge in [0.15, 0.2) is 4.80 Å². The zero-order chi connectivity index (χ0) is 18.0. The lowest BCUT2D eigenvalue weighted by Crippen LogP contribution is -2.15. The summed E-state index contributed by atoms with van der Waals surface area (Å²) in [6.07, 6.45) is 1.97. The lowest BCUT2D eigenvalue weighted by Gasteiger charge is -2.01. The van der Waals surface area contributed by atoms with Crippen LogP contribution in [0.3, 0.4) is 0 Å². The average molecular weight is 373 g/mol. The highest BCUT2D eigenvalue weighted by atomic mass is 32.2. The monoisotopic (exact) mass is 373 g/mol. The fraction of sp³-hybridized carbons (Fsp3) is 0.176. The number of carbonyl (C=O) groups is 1. The molecule has 0 N–H and O–H groups in total. The van der Waals surface area contributed by atoms with E-state index in [0.717, 1.165) is 9.60 Å². The highest BCUT2D eigenvalue weighted by Gasteiger charge is 2.12. The van der Waals surface area contributed by atoms with Crippen LogP contribution in [0.25, 0.3) is 10.2 Å². The van der Waals surface area contributed by atoms with Gasteiger partial charge in [0.25, 0.3) is 11.6 Å². The van der Waals surface area contributed by atoms with E-state index in [0.29, 0.717) is 22.4 Å². The number of nitro benzene ring substituents is 1. The van der Waals surface area contributed by atoms with Crippen LogP contribution < -0.4 is 4.80 Å². The summed E-state index contributed by atoms with van der Waals surface area (Å²) in [5.41, 5.74) is 1.26. The summed E-state index contributed by atoms with van der Waals surface area (Å²) >= 11 is 2.96.